The number of hydrogen-bond acceptors (Lipinski definition) is 4. The van der Waals surface area contributed by atoms with Crippen LogP contribution in [-0.4, -0.2) is 24.1 Å². The second-order valence-electron chi connectivity index (χ2n) is 7.46. The molecule has 0 aliphatic heterocycles. The average Bonchev–Trinajstić information content (AvgIpc) is 2.93. The molecular weight excluding hydrogens is 400 g/mol. The SMILES string of the molecule is NS(=O)(=O)c1cccc(CNC(=O)c2nn(-c3ccccc3)c3c2CCCCC3)c1. The molecular formula is C22H24N4O3S. The third kappa shape index (κ3) is 4.29. The summed E-state index contributed by atoms with van der Waals surface area (Å²) in [6.45, 7) is 0.190. The molecule has 4 rings (SSSR count). The molecule has 1 heterocycles. The van der Waals surface area contributed by atoms with Gasteiger partial charge in [0.2, 0.25) is 10.0 Å². The lowest BCUT2D eigenvalue weighted by Crippen LogP contribution is -2.24. The number of fused-ring (bicyclic) bond motifs is 1. The summed E-state index contributed by atoms with van der Waals surface area (Å²) >= 11 is 0. The van der Waals surface area contributed by atoms with Gasteiger partial charge in [0.25, 0.3) is 5.91 Å². The Balaban J connectivity index is 1.61. The van der Waals surface area contributed by atoms with Gasteiger partial charge in [0.15, 0.2) is 5.69 Å². The number of hydrogen-bond donors (Lipinski definition) is 2. The highest BCUT2D eigenvalue weighted by atomic mass is 32.2. The largest absolute Gasteiger partial charge is 0.347 e. The van der Waals surface area contributed by atoms with E-state index in [9.17, 15) is 13.2 Å². The van der Waals surface area contributed by atoms with E-state index in [2.05, 4.69) is 10.4 Å². The number of nitrogens with zero attached hydrogens (tertiary/aromatic N) is 2. The Hall–Kier alpha value is -2.97. The predicted molar refractivity (Wildman–Crippen MR) is 114 cm³/mol. The lowest BCUT2D eigenvalue weighted by atomic mass is 10.1. The standard InChI is InChI=1S/C22H24N4O3S/c23-30(28,29)18-11-7-8-16(14-18)15-24-22(27)21-19-12-5-2-6-13-20(19)26(25-21)17-9-3-1-4-10-17/h1,3-4,7-11,14H,2,5-6,12-13,15H2,(H,24,27)(H2,23,28,29). The van der Waals surface area contributed by atoms with E-state index in [4.69, 9.17) is 5.14 Å². The number of rotatable bonds is 5. The predicted octanol–water partition coefficient (Wildman–Crippen LogP) is 2.72. The number of primary sulfonamides is 1. The van der Waals surface area contributed by atoms with Crippen molar-refractivity contribution in [2.75, 3.05) is 0 Å². The summed E-state index contributed by atoms with van der Waals surface area (Å²) in [6.07, 6.45) is 4.95. The topological polar surface area (TPSA) is 107 Å². The molecule has 1 aromatic heterocycles. The van der Waals surface area contributed by atoms with E-state index in [1.807, 2.05) is 35.0 Å². The van der Waals surface area contributed by atoms with Crippen LogP contribution in [0.5, 0.6) is 0 Å². The van der Waals surface area contributed by atoms with Crippen LogP contribution in [-0.2, 0) is 29.4 Å². The fourth-order valence-electron chi connectivity index (χ4n) is 3.84. The first-order chi connectivity index (χ1) is 14.4. The molecule has 0 unspecified atom stereocenters. The van der Waals surface area contributed by atoms with Crippen molar-refractivity contribution in [1.82, 2.24) is 15.1 Å². The second kappa shape index (κ2) is 8.41. The quantitative estimate of drug-likeness (QED) is 0.614. The van der Waals surface area contributed by atoms with Gasteiger partial charge >= 0.3 is 0 Å². The molecule has 3 aromatic rings. The number of para-hydroxylation sites is 1. The molecule has 1 aliphatic carbocycles. The molecule has 30 heavy (non-hydrogen) atoms. The fourth-order valence-corrected chi connectivity index (χ4v) is 4.42. The second-order valence-corrected chi connectivity index (χ2v) is 9.02. The maximum Gasteiger partial charge on any atom is 0.272 e. The molecule has 3 N–H and O–H groups in total. The smallest absolute Gasteiger partial charge is 0.272 e. The molecule has 0 saturated heterocycles. The van der Waals surface area contributed by atoms with Crippen LogP contribution in [0.1, 0.15) is 46.6 Å². The molecule has 0 saturated carbocycles. The van der Waals surface area contributed by atoms with Crippen molar-refractivity contribution < 1.29 is 13.2 Å². The Morgan fingerprint density at radius 1 is 1.03 bits per heavy atom. The van der Waals surface area contributed by atoms with Gasteiger partial charge in [-0.25, -0.2) is 18.2 Å². The zero-order chi connectivity index (χ0) is 21.1. The molecule has 0 atom stereocenters. The zero-order valence-electron chi connectivity index (χ0n) is 16.5. The number of nitrogens with two attached hydrogens (primary N) is 1. The molecule has 8 heteroatoms. The summed E-state index contributed by atoms with van der Waals surface area (Å²) in [5.41, 5.74) is 4.14. The molecule has 0 radical (unpaired) electrons. The molecule has 2 aromatic carbocycles. The Morgan fingerprint density at radius 3 is 2.57 bits per heavy atom. The van der Waals surface area contributed by atoms with Crippen LogP contribution in [0, 0.1) is 0 Å². The number of sulfonamides is 1. The van der Waals surface area contributed by atoms with E-state index in [0.29, 0.717) is 11.3 Å². The minimum absolute atomic E-state index is 0.0245. The van der Waals surface area contributed by atoms with Crippen LogP contribution >= 0.6 is 0 Å². The van der Waals surface area contributed by atoms with Crippen molar-refractivity contribution in [3.05, 3.63) is 77.1 Å². The first-order valence-corrected chi connectivity index (χ1v) is 11.5. The highest BCUT2D eigenvalue weighted by Gasteiger charge is 2.24. The Morgan fingerprint density at radius 2 is 1.80 bits per heavy atom. The van der Waals surface area contributed by atoms with E-state index < -0.39 is 10.0 Å². The average molecular weight is 425 g/mol. The summed E-state index contributed by atoms with van der Waals surface area (Å²) in [5, 5.41) is 12.7. The van der Waals surface area contributed by atoms with Crippen molar-refractivity contribution in [2.45, 2.75) is 43.5 Å². The van der Waals surface area contributed by atoms with Crippen molar-refractivity contribution >= 4 is 15.9 Å². The number of carbonyl (C=O) groups is 1. The lowest BCUT2D eigenvalue weighted by molar-refractivity contribution is 0.0944. The summed E-state index contributed by atoms with van der Waals surface area (Å²) in [5.74, 6) is -0.260. The maximum atomic E-state index is 13.0. The third-order valence-corrected chi connectivity index (χ3v) is 6.24. The summed E-state index contributed by atoms with van der Waals surface area (Å²) in [7, 11) is -3.79. The number of benzene rings is 2. The normalized spacial score (nSPS) is 14.0. The Bertz CT molecular complexity index is 1170. The first kappa shape index (κ1) is 20.3. The van der Waals surface area contributed by atoms with Gasteiger partial charge in [-0.15, -0.1) is 0 Å². The van der Waals surface area contributed by atoms with Crippen molar-refractivity contribution in [2.24, 2.45) is 5.14 Å². The zero-order valence-corrected chi connectivity index (χ0v) is 17.4. The minimum Gasteiger partial charge on any atom is -0.347 e. The van der Waals surface area contributed by atoms with Gasteiger partial charge in [-0.05, 0) is 55.5 Å². The number of aromatic nitrogens is 2. The number of nitrogens with one attached hydrogen (secondary N) is 1. The van der Waals surface area contributed by atoms with E-state index in [0.717, 1.165) is 49.0 Å². The van der Waals surface area contributed by atoms with Crippen molar-refractivity contribution in [1.29, 1.82) is 0 Å². The molecule has 156 valence electrons. The van der Waals surface area contributed by atoms with Crippen molar-refractivity contribution in [3.63, 3.8) is 0 Å². The van der Waals surface area contributed by atoms with Gasteiger partial charge in [-0.1, -0.05) is 36.8 Å². The molecule has 1 aliphatic rings. The van der Waals surface area contributed by atoms with Gasteiger partial charge in [-0.3, -0.25) is 4.79 Å². The first-order valence-electron chi connectivity index (χ1n) is 9.99. The van der Waals surface area contributed by atoms with Gasteiger partial charge in [0.05, 0.1) is 10.6 Å². The fraction of sp³-hybridized carbons (Fsp3) is 0.273. The van der Waals surface area contributed by atoms with Crippen molar-refractivity contribution in [3.8, 4) is 5.69 Å². The third-order valence-electron chi connectivity index (χ3n) is 5.33. The molecule has 0 spiro atoms. The summed E-state index contributed by atoms with van der Waals surface area (Å²) in [6, 6.07) is 16.1. The maximum absolute atomic E-state index is 13.0. The van der Waals surface area contributed by atoms with E-state index >= 15 is 0 Å². The highest BCUT2D eigenvalue weighted by Crippen LogP contribution is 2.26. The number of carbonyl (C=O) groups excluding carboxylic acids is 1. The Labute approximate surface area is 176 Å². The van der Waals surface area contributed by atoms with E-state index in [1.54, 1.807) is 12.1 Å². The van der Waals surface area contributed by atoms with E-state index in [1.165, 1.54) is 12.1 Å². The van der Waals surface area contributed by atoms with Crippen LogP contribution < -0.4 is 10.5 Å². The van der Waals surface area contributed by atoms with Crippen LogP contribution in [0.25, 0.3) is 5.69 Å². The molecule has 0 bridgehead atoms. The van der Waals surface area contributed by atoms with Crippen LogP contribution in [0.3, 0.4) is 0 Å². The molecule has 0 fully saturated rings. The van der Waals surface area contributed by atoms with Gasteiger partial charge < -0.3 is 5.32 Å². The highest BCUT2D eigenvalue weighted by molar-refractivity contribution is 7.89. The summed E-state index contributed by atoms with van der Waals surface area (Å²) in [4.78, 5) is 13.0. The van der Waals surface area contributed by atoms with Gasteiger partial charge in [0.1, 0.15) is 0 Å². The van der Waals surface area contributed by atoms with Gasteiger partial charge in [0, 0.05) is 17.8 Å². The monoisotopic (exact) mass is 424 g/mol. The van der Waals surface area contributed by atoms with Crippen LogP contribution in [0.4, 0.5) is 0 Å². The number of amides is 1. The lowest BCUT2D eigenvalue weighted by Gasteiger charge is -2.07. The molecule has 7 nitrogen and oxygen atoms in total. The van der Waals surface area contributed by atoms with E-state index in [-0.39, 0.29) is 17.3 Å². The van der Waals surface area contributed by atoms with Crippen LogP contribution in [0.2, 0.25) is 0 Å². The van der Waals surface area contributed by atoms with Crippen LogP contribution in [0.15, 0.2) is 59.5 Å². The minimum atomic E-state index is -3.79. The Kier molecular flexibility index (Phi) is 5.69. The molecule has 1 amide bonds. The summed E-state index contributed by atoms with van der Waals surface area (Å²) < 4.78 is 25.0. The van der Waals surface area contributed by atoms with Gasteiger partial charge in [-0.2, -0.15) is 5.10 Å².